The number of carbonyl (C=O) groups excluding carboxylic acids is 1. The fraction of sp³-hybridized carbons (Fsp3) is 0.400. The third-order valence-electron chi connectivity index (χ3n) is 4.00. The number of hydrogen-bond acceptors (Lipinski definition) is 2. The van der Waals surface area contributed by atoms with Gasteiger partial charge in [-0.25, -0.2) is 0 Å². The van der Waals surface area contributed by atoms with E-state index in [9.17, 15) is 4.79 Å². The molecular weight excluding hydrogens is 212 g/mol. The molecule has 2 aliphatic carbocycles. The van der Waals surface area contributed by atoms with E-state index in [0.29, 0.717) is 11.7 Å². The highest BCUT2D eigenvalue weighted by atomic mass is 16.5. The Hall–Kier alpha value is -1.57. The van der Waals surface area contributed by atoms with Gasteiger partial charge in [-0.15, -0.1) is 0 Å². The van der Waals surface area contributed by atoms with Crippen LogP contribution in [0.25, 0.3) is 5.57 Å². The molecule has 1 aromatic rings. The lowest BCUT2D eigenvalue weighted by Crippen LogP contribution is -2.09. The Bertz CT molecular complexity index is 470. The molecule has 2 atom stereocenters. The Morgan fingerprint density at radius 2 is 1.82 bits per heavy atom. The van der Waals surface area contributed by atoms with Crippen LogP contribution in [-0.4, -0.2) is 12.9 Å². The molecule has 17 heavy (non-hydrogen) atoms. The summed E-state index contributed by atoms with van der Waals surface area (Å²) in [4.78, 5) is 11.9. The Morgan fingerprint density at radius 1 is 1.12 bits per heavy atom. The summed E-state index contributed by atoms with van der Waals surface area (Å²) in [7, 11) is 1.67. The van der Waals surface area contributed by atoms with Crippen molar-refractivity contribution in [2.24, 2.45) is 11.8 Å². The molecule has 0 N–H and O–H groups in total. The zero-order valence-corrected chi connectivity index (χ0v) is 9.98. The highest BCUT2D eigenvalue weighted by molar-refractivity contribution is 6.04. The zero-order chi connectivity index (χ0) is 11.8. The molecule has 0 radical (unpaired) electrons. The van der Waals surface area contributed by atoms with E-state index in [1.54, 1.807) is 7.11 Å². The van der Waals surface area contributed by atoms with E-state index in [1.807, 2.05) is 18.2 Å². The number of rotatable bonds is 2. The molecule has 1 aromatic carbocycles. The fourth-order valence-electron chi connectivity index (χ4n) is 3.12. The quantitative estimate of drug-likeness (QED) is 0.777. The molecule has 0 aromatic heterocycles. The monoisotopic (exact) mass is 228 g/mol. The largest absolute Gasteiger partial charge is 0.497 e. The summed E-state index contributed by atoms with van der Waals surface area (Å²) in [6, 6.07) is 8.03. The third-order valence-corrected chi connectivity index (χ3v) is 4.00. The molecule has 2 unspecified atom stereocenters. The van der Waals surface area contributed by atoms with E-state index >= 15 is 0 Å². The van der Waals surface area contributed by atoms with Gasteiger partial charge < -0.3 is 4.74 Å². The van der Waals surface area contributed by atoms with Crippen molar-refractivity contribution in [3.05, 3.63) is 35.9 Å². The normalized spacial score (nSPS) is 26.9. The maximum atomic E-state index is 11.9. The summed E-state index contributed by atoms with van der Waals surface area (Å²) in [6.07, 6.45) is 5.28. The molecule has 0 bridgehead atoms. The standard InChI is InChI=1S/C15H16O2/c1-17-11-7-5-10(6-8-11)14-9-15(16)13-4-2-3-12(13)14/h5-9,12-13H,2-4H2,1H3. The van der Waals surface area contributed by atoms with Crippen molar-refractivity contribution in [3.63, 3.8) is 0 Å². The first kappa shape index (κ1) is 10.6. The van der Waals surface area contributed by atoms with E-state index in [0.717, 1.165) is 18.6 Å². The molecule has 3 rings (SSSR count). The van der Waals surface area contributed by atoms with Gasteiger partial charge in [-0.05, 0) is 48.1 Å². The van der Waals surface area contributed by atoms with E-state index in [1.165, 1.54) is 17.6 Å². The summed E-state index contributed by atoms with van der Waals surface area (Å²) < 4.78 is 5.15. The number of fused-ring (bicyclic) bond motifs is 1. The minimum absolute atomic E-state index is 0.270. The van der Waals surface area contributed by atoms with Crippen LogP contribution in [0.3, 0.4) is 0 Å². The Labute approximate surface area is 101 Å². The molecule has 0 saturated heterocycles. The summed E-state index contributed by atoms with van der Waals surface area (Å²) in [6.45, 7) is 0. The smallest absolute Gasteiger partial charge is 0.159 e. The van der Waals surface area contributed by atoms with Crippen molar-refractivity contribution < 1.29 is 9.53 Å². The van der Waals surface area contributed by atoms with E-state index in [4.69, 9.17) is 4.74 Å². The molecule has 1 saturated carbocycles. The van der Waals surface area contributed by atoms with Gasteiger partial charge in [0.25, 0.3) is 0 Å². The molecule has 2 nitrogen and oxygen atoms in total. The van der Waals surface area contributed by atoms with Crippen LogP contribution >= 0.6 is 0 Å². The second kappa shape index (κ2) is 4.02. The average molecular weight is 228 g/mol. The summed E-state index contributed by atoms with van der Waals surface area (Å²) in [5.74, 6) is 1.93. The van der Waals surface area contributed by atoms with Crippen molar-refractivity contribution in [2.45, 2.75) is 19.3 Å². The van der Waals surface area contributed by atoms with Crippen molar-refractivity contribution >= 4 is 11.4 Å². The molecule has 0 heterocycles. The predicted molar refractivity (Wildman–Crippen MR) is 66.8 cm³/mol. The molecule has 0 amide bonds. The number of ketones is 1. The number of allylic oxidation sites excluding steroid dienone is 2. The van der Waals surface area contributed by atoms with E-state index < -0.39 is 0 Å². The second-order valence-corrected chi connectivity index (χ2v) is 4.87. The summed E-state index contributed by atoms with van der Waals surface area (Å²) >= 11 is 0. The van der Waals surface area contributed by atoms with Gasteiger partial charge in [0.05, 0.1) is 7.11 Å². The topological polar surface area (TPSA) is 26.3 Å². The van der Waals surface area contributed by atoms with Gasteiger partial charge in [0, 0.05) is 5.92 Å². The van der Waals surface area contributed by atoms with Crippen molar-refractivity contribution in [1.29, 1.82) is 0 Å². The van der Waals surface area contributed by atoms with Crippen LogP contribution in [0.5, 0.6) is 5.75 Å². The molecule has 1 fully saturated rings. The van der Waals surface area contributed by atoms with E-state index in [2.05, 4.69) is 12.1 Å². The number of benzene rings is 1. The average Bonchev–Trinajstić information content (AvgIpc) is 2.94. The molecular formula is C15H16O2. The predicted octanol–water partition coefficient (Wildman–Crippen LogP) is 3.08. The number of hydrogen-bond donors (Lipinski definition) is 0. The van der Waals surface area contributed by atoms with Gasteiger partial charge in [0.15, 0.2) is 5.78 Å². The highest BCUT2D eigenvalue weighted by Gasteiger charge is 2.39. The lowest BCUT2D eigenvalue weighted by atomic mass is 9.90. The first-order valence-corrected chi connectivity index (χ1v) is 6.19. The van der Waals surface area contributed by atoms with E-state index in [-0.39, 0.29) is 5.92 Å². The van der Waals surface area contributed by atoms with Crippen molar-refractivity contribution in [2.75, 3.05) is 7.11 Å². The maximum Gasteiger partial charge on any atom is 0.159 e. The molecule has 0 aliphatic heterocycles. The van der Waals surface area contributed by atoms with Crippen molar-refractivity contribution in [1.82, 2.24) is 0 Å². The fourth-order valence-corrected chi connectivity index (χ4v) is 3.12. The number of methoxy groups -OCH3 is 1. The van der Waals surface area contributed by atoms with Crippen LogP contribution in [0.4, 0.5) is 0 Å². The van der Waals surface area contributed by atoms with Crippen LogP contribution < -0.4 is 4.74 Å². The van der Waals surface area contributed by atoms with Gasteiger partial charge in [-0.1, -0.05) is 18.6 Å². The lowest BCUT2D eigenvalue weighted by molar-refractivity contribution is -0.117. The number of carbonyl (C=O) groups is 1. The number of ether oxygens (including phenoxy) is 1. The third kappa shape index (κ3) is 1.68. The van der Waals surface area contributed by atoms with Crippen LogP contribution in [-0.2, 0) is 4.79 Å². The van der Waals surface area contributed by atoms with Crippen molar-refractivity contribution in [3.8, 4) is 5.75 Å². The van der Waals surface area contributed by atoms with Crippen LogP contribution in [0.15, 0.2) is 30.3 Å². The molecule has 2 aliphatic rings. The molecule has 0 spiro atoms. The maximum absolute atomic E-state index is 11.9. The van der Waals surface area contributed by atoms with Crippen LogP contribution in [0.2, 0.25) is 0 Å². The van der Waals surface area contributed by atoms with Crippen LogP contribution in [0, 0.1) is 11.8 Å². The van der Waals surface area contributed by atoms with Gasteiger partial charge >= 0.3 is 0 Å². The molecule has 2 heteroatoms. The summed E-state index contributed by atoms with van der Waals surface area (Å²) in [5.41, 5.74) is 2.41. The van der Waals surface area contributed by atoms with Gasteiger partial charge in [-0.3, -0.25) is 4.79 Å². The minimum atomic E-state index is 0.270. The first-order chi connectivity index (χ1) is 8.29. The Morgan fingerprint density at radius 3 is 2.53 bits per heavy atom. The van der Waals surface area contributed by atoms with Crippen LogP contribution in [0.1, 0.15) is 24.8 Å². The minimum Gasteiger partial charge on any atom is -0.497 e. The first-order valence-electron chi connectivity index (χ1n) is 6.19. The zero-order valence-electron chi connectivity index (χ0n) is 9.98. The van der Waals surface area contributed by atoms with Gasteiger partial charge in [0.2, 0.25) is 0 Å². The second-order valence-electron chi connectivity index (χ2n) is 4.87. The Kier molecular flexibility index (Phi) is 2.50. The SMILES string of the molecule is COc1ccc(C2=CC(=O)C3CCCC23)cc1. The summed E-state index contributed by atoms with van der Waals surface area (Å²) in [5, 5.41) is 0. The Balaban J connectivity index is 1.93. The van der Waals surface area contributed by atoms with Gasteiger partial charge in [-0.2, -0.15) is 0 Å². The highest BCUT2D eigenvalue weighted by Crippen LogP contribution is 2.46. The molecule has 88 valence electrons. The van der Waals surface area contributed by atoms with Gasteiger partial charge in [0.1, 0.15) is 5.75 Å². The lowest BCUT2D eigenvalue weighted by Gasteiger charge is -2.13.